The highest BCUT2D eigenvalue weighted by atomic mass is 16.3. The molecule has 0 fully saturated rings. The Morgan fingerprint density at radius 1 is 0.246 bits per heavy atom. The second kappa shape index (κ2) is 15.5. The smallest absolute Gasteiger partial charge is 0.164 e. The van der Waals surface area contributed by atoms with Crippen LogP contribution in [0.3, 0.4) is 0 Å². The lowest BCUT2D eigenvalue weighted by molar-refractivity contribution is 0.669. The Kier molecular flexibility index (Phi) is 9.14. The zero-order valence-electron chi connectivity index (χ0n) is 33.1. The van der Waals surface area contributed by atoms with E-state index in [0.717, 1.165) is 66.4 Å². The topological polar surface area (TPSA) is 51.8 Å². The third-order valence-electron chi connectivity index (χ3n) is 11.4. The molecule has 0 bridgehead atoms. The molecule has 61 heavy (non-hydrogen) atoms. The first-order valence-corrected chi connectivity index (χ1v) is 20.5. The molecule has 0 radical (unpaired) electrons. The lowest BCUT2D eigenvalue weighted by atomic mass is 9.79. The van der Waals surface area contributed by atoms with Gasteiger partial charge in [-0.15, -0.1) is 0 Å². The van der Waals surface area contributed by atoms with Crippen LogP contribution in [0.5, 0.6) is 0 Å². The van der Waals surface area contributed by atoms with Crippen LogP contribution in [0.25, 0.3) is 112 Å². The second-order valence-electron chi connectivity index (χ2n) is 15.1. The minimum Gasteiger partial charge on any atom is -0.456 e. The van der Waals surface area contributed by atoms with E-state index >= 15 is 0 Å². The maximum Gasteiger partial charge on any atom is 0.164 e. The van der Waals surface area contributed by atoms with Gasteiger partial charge in [0.15, 0.2) is 17.5 Å². The Morgan fingerprint density at radius 2 is 0.607 bits per heavy atom. The van der Waals surface area contributed by atoms with Crippen molar-refractivity contribution in [1.82, 2.24) is 15.0 Å². The Bertz CT molecular complexity index is 3310. The van der Waals surface area contributed by atoms with Crippen LogP contribution in [0.1, 0.15) is 0 Å². The highest BCUT2D eigenvalue weighted by molar-refractivity contribution is 6.08. The van der Waals surface area contributed by atoms with Gasteiger partial charge in [-0.25, -0.2) is 15.0 Å². The standard InChI is InChI=1S/C57H37N3O/c1-6-18-38(19-7-1)47-37-48(53(41-22-10-3-11-23-41)54(42-24-12-4-13-25-42)52(47)40-20-8-2-9-21-40)39-30-32-44(33-31-39)56-58-55(43-26-14-5-15-27-43)59-57(60-56)45-34-35-51-49(36-45)46-28-16-17-29-50(46)61-51/h1-37H. The average molecular weight is 780 g/mol. The van der Waals surface area contributed by atoms with Crippen molar-refractivity contribution in [3.05, 3.63) is 224 Å². The van der Waals surface area contributed by atoms with Gasteiger partial charge in [0.2, 0.25) is 0 Å². The maximum absolute atomic E-state index is 6.15. The van der Waals surface area contributed by atoms with Gasteiger partial charge in [-0.3, -0.25) is 0 Å². The van der Waals surface area contributed by atoms with Crippen LogP contribution < -0.4 is 0 Å². The Labute approximate surface area is 354 Å². The number of furan rings is 1. The minimum absolute atomic E-state index is 0.600. The highest BCUT2D eigenvalue weighted by Crippen LogP contribution is 2.50. The van der Waals surface area contributed by atoms with Crippen LogP contribution >= 0.6 is 0 Å². The first-order chi connectivity index (χ1) is 30.2. The molecule has 0 aliphatic rings. The molecule has 0 N–H and O–H groups in total. The number of benzene rings is 9. The summed E-state index contributed by atoms with van der Waals surface area (Å²) in [6, 6.07) is 78.5. The van der Waals surface area contributed by atoms with Gasteiger partial charge in [0.25, 0.3) is 0 Å². The van der Waals surface area contributed by atoms with Crippen molar-refractivity contribution in [3.63, 3.8) is 0 Å². The average Bonchev–Trinajstić information content (AvgIpc) is 3.73. The fraction of sp³-hybridized carbons (Fsp3) is 0. The molecule has 0 atom stereocenters. The van der Waals surface area contributed by atoms with Crippen LogP contribution in [0.4, 0.5) is 0 Å². The zero-order valence-corrected chi connectivity index (χ0v) is 33.1. The van der Waals surface area contributed by atoms with Crippen LogP contribution in [-0.4, -0.2) is 15.0 Å². The van der Waals surface area contributed by atoms with E-state index in [4.69, 9.17) is 19.4 Å². The van der Waals surface area contributed by atoms with Crippen molar-refractivity contribution in [2.24, 2.45) is 0 Å². The molecule has 0 aliphatic carbocycles. The van der Waals surface area contributed by atoms with Crippen molar-refractivity contribution in [1.29, 1.82) is 0 Å². The summed E-state index contributed by atoms with van der Waals surface area (Å²) in [5.41, 5.74) is 16.0. The summed E-state index contributed by atoms with van der Waals surface area (Å²) < 4.78 is 6.15. The van der Waals surface area contributed by atoms with E-state index in [-0.39, 0.29) is 0 Å². The number of hydrogen-bond donors (Lipinski definition) is 0. The Balaban J connectivity index is 1.12. The normalized spacial score (nSPS) is 11.3. The number of aromatic nitrogens is 3. The predicted octanol–water partition coefficient (Wildman–Crippen LogP) is 15.1. The molecule has 4 nitrogen and oxygen atoms in total. The van der Waals surface area contributed by atoms with Crippen molar-refractivity contribution >= 4 is 21.9 Å². The molecule has 0 spiro atoms. The fourth-order valence-electron chi connectivity index (χ4n) is 8.47. The van der Waals surface area contributed by atoms with Gasteiger partial charge >= 0.3 is 0 Å². The Hall–Kier alpha value is -8.21. The quantitative estimate of drug-likeness (QED) is 0.154. The van der Waals surface area contributed by atoms with Gasteiger partial charge in [0.05, 0.1) is 0 Å². The van der Waals surface area contributed by atoms with Gasteiger partial charge in [-0.1, -0.05) is 194 Å². The molecular weight excluding hydrogens is 743 g/mol. The van der Waals surface area contributed by atoms with Gasteiger partial charge < -0.3 is 4.42 Å². The van der Waals surface area contributed by atoms with E-state index in [9.17, 15) is 0 Å². The molecule has 4 heteroatoms. The SMILES string of the molecule is c1ccc(-c2nc(-c3ccc(-c4cc(-c5ccccc5)c(-c5ccccc5)c(-c5ccccc5)c4-c4ccccc4)cc3)nc(-c3ccc4oc5ccccc5c4c3)n2)cc1. The van der Waals surface area contributed by atoms with Crippen LogP contribution in [0, 0.1) is 0 Å². The first kappa shape index (κ1) is 35.9. The summed E-state index contributed by atoms with van der Waals surface area (Å²) in [6.07, 6.45) is 0. The molecule has 0 saturated heterocycles. The monoisotopic (exact) mass is 779 g/mol. The molecule has 11 aromatic rings. The molecule has 11 rings (SSSR count). The lowest BCUT2D eigenvalue weighted by Gasteiger charge is -2.24. The van der Waals surface area contributed by atoms with E-state index in [2.05, 4.69) is 164 Å². The second-order valence-corrected chi connectivity index (χ2v) is 15.1. The van der Waals surface area contributed by atoms with Crippen LogP contribution in [0.15, 0.2) is 229 Å². The number of para-hydroxylation sites is 1. The van der Waals surface area contributed by atoms with E-state index in [1.54, 1.807) is 0 Å². The third kappa shape index (κ3) is 6.76. The zero-order chi connectivity index (χ0) is 40.5. The number of rotatable bonds is 8. The van der Waals surface area contributed by atoms with Gasteiger partial charge in [-0.05, 0) is 86.0 Å². The van der Waals surface area contributed by atoms with Crippen molar-refractivity contribution in [2.45, 2.75) is 0 Å². The largest absolute Gasteiger partial charge is 0.456 e. The van der Waals surface area contributed by atoms with Crippen molar-refractivity contribution < 1.29 is 4.42 Å². The molecule has 286 valence electrons. The highest BCUT2D eigenvalue weighted by Gasteiger charge is 2.24. The molecule has 0 aliphatic heterocycles. The summed E-state index contributed by atoms with van der Waals surface area (Å²) in [5.74, 6) is 1.82. The van der Waals surface area contributed by atoms with E-state index < -0.39 is 0 Å². The summed E-state index contributed by atoms with van der Waals surface area (Å²) in [4.78, 5) is 15.3. The molecule has 0 unspecified atom stereocenters. The van der Waals surface area contributed by atoms with E-state index in [0.29, 0.717) is 17.5 Å². The van der Waals surface area contributed by atoms with Crippen molar-refractivity contribution in [3.8, 4) is 89.8 Å². The van der Waals surface area contributed by atoms with Gasteiger partial charge in [-0.2, -0.15) is 0 Å². The van der Waals surface area contributed by atoms with E-state index in [1.165, 1.54) is 27.8 Å². The summed E-state index contributed by atoms with van der Waals surface area (Å²) in [6.45, 7) is 0. The van der Waals surface area contributed by atoms with Gasteiger partial charge in [0, 0.05) is 27.5 Å². The number of fused-ring (bicyclic) bond motifs is 3. The van der Waals surface area contributed by atoms with E-state index in [1.807, 2.05) is 60.7 Å². The van der Waals surface area contributed by atoms with Crippen molar-refractivity contribution in [2.75, 3.05) is 0 Å². The molecule has 0 amide bonds. The third-order valence-corrected chi connectivity index (χ3v) is 11.4. The van der Waals surface area contributed by atoms with Crippen LogP contribution in [-0.2, 0) is 0 Å². The fourth-order valence-corrected chi connectivity index (χ4v) is 8.47. The first-order valence-electron chi connectivity index (χ1n) is 20.5. The summed E-state index contributed by atoms with van der Waals surface area (Å²) >= 11 is 0. The predicted molar refractivity (Wildman–Crippen MR) is 251 cm³/mol. The molecule has 0 saturated carbocycles. The maximum atomic E-state index is 6.15. The molecular formula is C57H37N3O. The Morgan fingerprint density at radius 3 is 1.15 bits per heavy atom. The lowest BCUT2D eigenvalue weighted by Crippen LogP contribution is -2.00. The van der Waals surface area contributed by atoms with Gasteiger partial charge in [0.1, 0.15) is 11.2 Å². The number of nitrogens with zero attached hydrogens (tertiary/aromatic N) is 3. The number of hydrogen-bond acceptors (Lipinski definition) is 4. The minimum atomic E-state index is 0.600. The molecule has 9 aromatic carbocycles. The van der Waals surface area contributed by atoms with Crippen LogP contribution in [0.2, 0.25) is 0 Å². The molecule has 2 heterocycles. The summed E-state index contributed by atoms with van der Waals surface area (Å²) in [7, 11) is 0. The summed E-state index contributed by atoms with van der Waals surface area (Å²) in [5, 5.41) is 2.09. The molecule has 2 aromatic heterocycles.